The van der Waals surface area contributed by atoms with Crippen LogP contribution in [0.5, 0.6) is 0 Å². The van der Waals surface area contributed by atoms with Crippen LogP contribution in [0.3, 0.4) is 0 Å². The zero-order valence-electron chi connectivity index (χ0n) is 8.29. The lowest BCUT2D eigenvalue weighted by Crippen LogP contribution is -2.29. The molecule has 0 fully saturated rings. The van der Waals surface area contributed by atoms with Crippen molar-refractivity contribution in [2.45, 2.75) is 26.9 Å². The lowest BCUT2D eigenvalue weighted by molar-refractivity contribution is 0.0130. The monoisotopic (exact) mass is 170 g/mol. The summed E-state index contributed by atoms with van der Waals surface area (Å²) >= 11 is 0. The second-order valence-electron chi connectivity index (χ2n) is 3.04. The molecular weight excluding hydrogens is 152 g/mol. The second-order valence-corrected chi connectivity index (χ2v) is 3.04. The highest BCUT2D eigenvalue weighted by atomic mass is 16.5. The summed E-state index contributed by atoms with van der Waals surface area (Å²) in [5.41, 5.74) is 0. The number of rotatable bonds is 4. The Labute approximate surface area is 74.9 Å². The van der Waals surface area contributed by atoms with Crippen LogP contribution < -0.4 is 0 Å². The lowest BCUT2D eigenvalue weighted by Gasteiger charge is -2.23. The summed E-state index contributed by atoms with van der Waals surface area (Å²) < 4.78 is 5.25. The van der Waals surface area contributed by atoms with Gasteiger partial charge in [-0.1, -0.05) is 12.8 Å². The van der Waals surface area contributed by atoms with E-state index in [4.69, 9.17) is 9.84 Å². The normalized spacial score (nSPS) is 17.4. The maximum absolute atomic E-state index is 8.93. The molecule has 1 N–H and O–H groups in total. The van der Waals surface area contributed by atoms with Crippen LogP contribution in [0.15, 0.2) is 0 Å². The maximum Gasteiger partial charge on any atom is 0.0753 e. The molecule has 2 heteroatoms. The fourth-order valence-corrected chi connectivity index (χ4v) is 1.34. The minimum absolute atomic E-state index is 0.0300. The number of hydrogen-bond donors (Lipinski definition) is 1. The number of aliphatic hydroxyl groups excluding tert-OH is 1. The van der Waals surface area contributed by atoms with E-state index in [2.05, 4.69) is 11.8 Å². The first-order chi connectivity index (χ1) is 5.67. The summed E-state index contributed by atoms with van der Waals surface area (Å²) in [4.78, 5) is 0. The van der Waals surface area contributed by atoms with Crippen molar-refractivity contribution in [3.63, 3.8) is 0 Å². The van der Waals surface area contributed by atoms with Gasteiger partial charge in [-0.05, 0) is 13.8 Å². The van der Waals surface area contributed by atoms with E-state index in [9.17, 15) is 0 Å². The molecule has 2 nitrogen and oxygen atoms in total. The quantitative estimate of drug-likeness (QED) is 0.644. The summed E-state index contributed by atoms with van der Waals surface area (Å²) in [6.45, 7) is 5.93. The van der Waals surface area contributed by atoms with E-state index >= 15 is 0 Å². The topological polar surface area (TPSA) is 29.5 Å². The van der Waals surface area contributed by atoms with Gasteiger partial charge in [0.05, 0.1) is 6.10 Å². The van der Waals surface area contributed by atoms with Crippen molar-refractivity contribution in [1.29, 1.82) is 0 Å². The van der Waals surface area contributed by atoms with Crippen LogP contribution in [0.25, 0.3) is 0 Å². The highest BCUT2D eigenvalue weighted by Gasteiger charge is 2.20. The average molecular weight is 170 g/mol. The molecule has 0 aromatic rings. The van der Waals surface area contributed by atoms with Crippen LogP contribution in [0.4, 0.5) is 0 Å². The first kappa shape index (κ1) is 11.5. The summed E-state index contributed by atoms with van der Waals surface area (Å²) in [7, 11) is 1.66. The van der Waals surface area contributed by atoms with Gasteiger partial charge in [0.2, 0.25) is 0 Å². The third-order valence-corrected chi connectivity index (χ3v) is 1.99. The summed E-state index contributed by atoms with van der Waals surface area (Å²) in [5, 5.41) is 8.93. The molecule has 0 amide bonds. The second kappa shape index (κ2) is 6.05. The number of aliphatic hydroxyl groups is 1. The zero-order chi connectivity index (χ0) is 9.56. The van der Waals surface area contributed by atoms with Gasteiger partial charge in [0.15, 0.2) is 0 Å². The van der Waals surface area contributed by atoms with Crippen molar-refractivity contribution in [2.24, 2.45) is 11.8 Å². The fourth-order valence-electron chi connectivity index (χ4n) is 1.34. The minimum atomic E-state index is 0.0300. The molecule has 0 aromatic carbocycles. The van der Waals surface area contributed by atoms with E-state index in [0.717, 1.165) is 0 Å². The lowest BCUT2D eigenvalue weighted by atomic mass is 9.94. The highest BCUT2D eigenvalue weighted by molar-refractivity contribution is 5.02. The predicted octanol–water partition coefficient (Wildman–Crippen LogP) is 1.29. The Hall–Kier alpha value is -0.520. The molecule has 0 aliphatic carbocycles. The standard InChI is InChI=1S/C10H18O2/c1-5-6-8(2)10(12-4)9(3)7-11/h8-11H,7H2,1-4H3/t8-,9+,10-/m0/s1. The van der Waals surface area contributed by atoms with E-state index in [1.165, 1.54) is 0 Å². The molecule has 12 heavy (non-hydrogen) atoms. The van der Waals surface area contributed by atoms with E-state index < -0.39 is 0 Å². The molecule has 0 spiro atoms. The van der Waals surface area contributed by atoms with E-state index in [1.807, 2.05) is 20.8 Å². The fraction of sp³-hybridized carbons (Fsp3) is 0.800. The van der Waals surface area contributed by atoms with Crippen LogP contribution >= 0.6 is 0 Å². The molecule has 0 saturated carbocycles. The SMILES string of the molecule is CC#C[C@H](C)[C@H](OC)[C@H](C)CO. The van der Waals surface area contributed by atoms with Gasteiger partial charge >= 0.3 is 0 Å². The molecule has 0 radical (unpaired) electrons. The summed E-state index contributed by atoms with van der Waals surface area (Å²) in [6, 6.07) is 0. The average Bonchev–Trinajstić information content (AvgIpc) is 2.06. The highest BCUT2D eigenvalue weighted by Crippen LogP contribution is 2.15. The van der Waals surface area contributed by atoms with Gasteiger partial charge in [0, 0.05) is 25.6 Å². The van der Waals surface area contributed by atoms with Gasteiger partial charge in [0.25, 0.3) is 0 Å². The predicted molar refractivity (Wildman–Crippen MR) is 49.7 cm³/mol. The van der Waals surface area contributed by atoms with Gasteiger partial charge in [-0.15, -0.1) is 5.92 Å². The minimum Gasteiger partial charge on any atom is -0.396 e. The van der Waals surface area contributed by atoms with E-state index in [-0.39, 0.29) is 24.5 Å². The Morgan fingerprint density at radius 2 is 2.00 bits per heavy atom. The molecule has 0 heterocycles. The molecule has 0 saturated heterocycles. The van der Waals surface area contributed by atoms with Crippen LogP contribution in [0.1, 0.15) is 20.8 Å². The van der Waals surface area contributed by atoms with Gasteiger partial charge in [-0.25, -0.2) is 0 Å². The first-order valence-corrected chi connectivity index (χ1v) is 4.23. The molecule has 0 aromatic heterocycles. The molecule has 0 rings (SSSR count). The van der Waals surface area contributed by atoms with E-state index in [1.54, 1.807) is 7.11 Å². The van der Waals surface area contributed by atoms with Crippen molar-refractivity contribution < 1.29 is 9.84 Å². The van der Waals surface area contributed by atoms with Crippen molar-refractivity contribution in [3.05, 3.63) is 0 Å². The van der Waals surface area contributed by atoms with Crippen LogP contribution in [0.2, 0.25) is 0 Å². The van der Waals surface area contributed by atoms with Crippen LogP contribution in [0, 0.1) is 23.7 Å². The molecule has 0 unspecified atom stereocenters. The molecule has 0 bridgehead atoms. The van der Waals surface area contributed by atoms with Crippen molar-refractivity contribution in [2.75, 3.05) is 13.7 Å². The van der Waals surface area contributed by atoms with Crippen LogP contribution in [-0.4, -0.2) is 24.9 Å². The van der Waals surface area contributed by atoms with Gasteiger partial charge in [-0.3, -0.25) is 0 Å². The number of hydrogen-bond acceptors (Lipinski definition) is 2. The molecule has 0 aliphatic heterocycles. The van der Waals surface area contributed by atoms with E-state index in [0.29, 0.717) is 0 Å². The van der Waals surface area contributed by atoms with Crippen molar-refractivity contribution in [3.8, 4) is 11.8 Å². The first-order valence-electron chi connectivity index (χ1n) is 4.23. The molecule has 3 atom stereocenters. The Morgan fingerprint density at radius 3 is 2.33 bits per heavy atom. The number of ether oxygens (including phenoxy) is 1. The van der Waals surface area contributed by atoms with Crippen molar-refractivity contribution >= 4 is 0 Å². The van der Waals surface area contributed by atoms with Crippen LogP contribution in [-0.2, 0) is 4.74 Å². The Morgan fingerprint density at radius 1 is 1.42 bits per heavy atom. The molecule has 70 valence electrons. The Balaban J connectivity index is 4.19. The largest absolute Gasteiger partial charge is 0.396 e. The smallest absolute Gasteiger partial charge is 0.0753 e. The summed E-state index contributed by atoms with van der Waals surface area (Å²) in [6.07, 6.45) is 0.0300. The Bertz CT molecular complexity index is 166. The Kier molecular flexibility index (Phi) is 5.79. The maximum atomic E-state index is 8.93. The van der Waals surface area contributed by atoms with Gasteiger partial charge in [-0.2, -0.15) is 0 Å². The van der Waals surface area contributed by atoms with Gasteiger partial charge < -0.3 is 9.84 Å². The van der Waals surface area contributed by atoms with Crippen molar-refractivity contribution in [1.82, 2.24) is 0 Å². The third kappa shape index (κ3) is 3.25. The summed E-state index contributed by atoms with van der Waals surface area (Å²) in [5.74, 6) is 6.20. The molecular formula is C10H18O2. The molecule has 0 aliphatic rings. The third-order valence-electron chi connectivity index (χ3n) is 1.99. The van der Waals surface area contributed by atoms with Gasteiger partial charge in [0.1, 0.15) is 0 Å². The zero-order valence-corrected chi connectivity index (χ0v) is 8.29. The number of methoxy groups -OCH3 is 1.